The third-order valence-corrected chi connectivity index (χ3v) is 3.69. The molecular formula is C14H16F4N4O5. The van der Waals surface area contributed by atoms with E-state index in [2.05, 4.69) is 4.98 Å². The van der Waals surface area contributed by atoms with Gasteiger partial charge in [0.2, 0.25) is 0 Å². The Bertz CT molecular complexity index is 782. The Kier molecular flexibility index (Phi) is 6.18. The van der Waals surface area contributed by atoms with E-state index in [0.717, 1.165) is 18.3 Å². The number of alkyl halides is 4. The molecule has 150 valence electrons. The lowest BCUT2D eigenvalue weighted by Gasteiger charge is -2.16. The summed E-state index contributed by atoms with van der Waals surface area (Å²) in [4.78, 5) is 26.1. The van der Waals surface area contributed by atoms with E-state index in [0.29, 0.717) is 4.57 Å². The van der Waals surface area contributed by atoms with Gasteiger partial charge in [0.15, 0.2) is 12.4 Å². The minimum atomic E-state index is -5.03. The van der Waals surface area contributed by atoms with Crippen LogP contribution in [0.3, 0.4) is 0 Å². The molecule has 1 aromatic rings. The fraction of sp³-hybridized carbons (Fsp3) is 0.500. The summed E-state index contributed by atoms with van der Waals surface area (Å²) in [6.07, 6.45) is -8.23. The highest BCUT2D eigenvalue weighted by molar-refractivity contribution is 5.81. The third kappa shape index (κ3) is 4.61. The van der Waals surface area contributed by atoms with Gasteiger partial charge in [-0.1, -0.05) is 12.2 Å². The zero-order valence-electron chi connectivity index (χ0n) is 13.6. The summed E-state index contributed by atoms with van der Waals surface area (Å²) in [5, 5.41) is 20.3. The molecule has 1 aliphatic heterocycles. The van der Waals surface area contributed by atoms with Crippen molar-refractivity contribution in [2.45, 2.75) is 30.8 Å². The van der Waals surface area contributed by atoms with Gasteiger partial charge >= 0.3 is 17.8 Å². The van der Waals surface area contributed by atoms with Crippen LogP contribution in [0.2, 0.25) is 0 Å². The lowest BCUT2D eigenvalue weighted by atomic mass is 10.1. The highest BCUT2D eigenvalue weighted by atomic mass is 19.4. The van der Waals surface area contributed by atoms with E-state index in [-0.39, 0.29) is 11.4 Å². The van der Waals surface area contributed by atoms with Crippen LogP contribution in [0.25, 0.3) is 6.08 Å². The van der Waals surface area contributed by atoms with E-state index < -0.39 is 55.5 Å². The van der Waals surface area contributed by atoms with Gasteiger partial charge in [-0.3, -0.25) is 9.36 Å². The third-order valence-electron chi connectivity index (χ3n) is 3.69. The number of rotatable bonds is 5. The minimum Gasteiger partial charge on any atom is -0.394 e. The standard InChI is InChI=1S/C14H16F4N4O5/c15-8-9(24)7(5-23)27-11(8)22-4-6(10(19)21-13(22)26)2-1-3-20-12(25)14(16,17)18/h1-2,4,7-9,11,23-24H,3,5H2,(H,20,25)(H2,19,21,26)/t7-,8+,9?,11-/m1/s1. The quantitative estimate of drug-likeness (QED) is 0.473. The number of carbonyl (C=O) groups is 1. The SMILES string of the molecule is Nc1nc(=O)n([C@@H]2O[C@H](CO)C(O)[C@@H]2F)cc1C=CCNC(=O)C(F)(F)F. The fourth-order valence-corrected chi connectivity index (χ4v) is 2.32. The number of hydrogen-bond donors (Lipinski definition) is 4. The number of aromatic nitrogens is 2. The van der Waals surface area contributed by atoms with E-state index >= 15 is 0 Å². The normalized spacial score (nSPS) is 25.9. The predicted molar refractivity (Wildman–Crippen MR) is 82.9 cm³/mol. The Morgan fingerprint density at radius 2 is 2.15 bits per heavy atom. The average Bonchev–Trinajstić information content (AvgIpc) is 2.87. The van der Waals surface area contributed by atoms with Crippen molar-refractivity contribution in [3.05, 3.63) is 28.3 Å². The lowest BCUT2D eigenvalue weighted by Crippen LogP contribution is -2.36. The molecule has 0 aromatic carbocycles. The molecule has 4 atom stereocenters. The van der Waals surface area contributed by atoms with Gasteiger partial charge in [-0.05, 0) is 0 Å². The van der Waals surface area contributed by atoms with Crippen molar-refractivity contribution < 1.29 is 37.3 Å². The van der Waals surface area contributed by atoms with Crippen molar-refractivity contribution in [1.29, 1.82) is 0 Å². The second-order valence-electron chi connectivity index (χ2n) is 5.56. The summed E-state index contributed by atoms with van der Waals surface area (Å²) < 4.78 is 56.2. The number of anilines is 1. The Morgan fingerprint density at radius 1 is 1.48 bits per heavy atom. The number of amides is 1. The summed E-state index contributed by atoms with van der Waals surface area (Å²) in [5.41, 5.74) is 4.59. The van der Waals surface area contributed by atoms with Crippen LogP contribution < -0.4 is 16.7 Å². The molecule has 0 saturated carbocycles. The fourth-order valence-electron chi connectivity index (χ4n) is 2.32. The molecule has 9 nitrogen and oxygen atoms in total. The molecule has 2 rings (SSSR count). The highest BCUT2D eigenvalue weighted by Gasteiger charge is 2.45. The number of aliphatic hydroxyl groups is 2. The summed E-state index contributed by atoms with van der Waals surface area (Å²) in [6.45, 7) is -1.17. The number of hydrogen-bond acceptors (Lipinski definition) is 7. The maximum absolute atomic E-state index is 14.1. The van der Waals surface area contributed by atoms with Crippen molar-refractivity contribution in [3.63, 3.8) is 0 Å². The summed E-state index contributed by atoms with van der Waals surface area (Å²) in [6, 6.07) is 0. The molecule has 0 bridgehead atoms. The monoisotopic (exact) mass is 396 g/mol. The topological polar surface area (TPSA) is 140 Å². The molecule has 27 heavy (non-hydrogen) atoms. The van der Waals surface area contributed by atoms with Crippen LogP contribution in [0.15, 0.2) is 17.1 Å². The Balaban J connectivity index is 2.18. The van der Waals surface area contributed by atoms with Crippen molar-refractivity contribution in [2.75, 3.05) is 18.9 Å². The second kappa shape index (κ2) is 8.02. The van der Waals surface area contributed by atoms with Crippen LogP contribution in [-0.4, -0.2) is 63.4 Å². The Labute approximate surface area is 149 Å². The van der Waals surface area contributed by atoms with Gasteiger partial charge < -0.3 is 26.0 Å². The first-order valence-electron chi connectivity index (χ1n) is 7.55. The number of nitrogens with one attached hydrogen (secondary N) is 1. The predicted octanol–water partition coefficient (Wildman–Crippen LogP) is -0.894. The van der Waals surface area contributed by atoms with Crippen molar-refractivity contribution in [1.82, 2.24) is 14.9 Å². The molecule has 13 heteroatoms. The molecule has 5 N–H and O–H groups in total. The van der Waals surface area contributed by atoms with Crippen LogP contribution in [0.5, 0.6) is 0 Å². The average molecular weight is 396 g/mol. The maximum atomic E-state index is 14.1. The molecule has 1 saturated heterocycles. The first-order chi connectivity index (χ1) is 12.6. The van der Waals surface area contributed by atoms with E-state index in [1.165, 1.54) is 0 Å². The van der Waals surface area contributed by atoms with Crippen LogP contribution in [0.1, 0.15) is 11.8 Å². The van der Waals surface area contributed by atoms with Gasteiger partial charge in [-0.15, -0.1) is 0 Å². The van der Waals surface area contributed by atoms with E-state index in [1.807, 2.05) is 0 Å². The van der Waals surface area contributed by atoms with Gasteiger partial charge in [0.05, 0.1) is 6.61 Å². The van der Waals surface area contributed by atoms with Crippen LogP contribution >= 0.6 is 0 Å². The van der Waals surface area contributed by atoms with Gasteiger partial charge in [-0.2, -0.15) is 18.2 Å². The smallest absolute Gasteiger partial charge is 0.394 e. The number of nitrogen functional groups attached to an aromatic ring is 1. The van der Waals surface area contributed by atoms with Crippen LogP contribution in [0, 0.1) is 0 Å². The summed E-state index contributed by atoms with van der Waals surface area (Å²) >= 11 is 0. The minimum absolute atomic E-state index is 0.0357. The molecule has 2 heterocycles. The second-order valence-corrected chi connectivity index (χ2v) is 5.56. The zero-order valence-corrected chi connectivity index (χ0v) is 13.6. The van der Waals surface area contributed by atoms with E-state index in [1.54, 1.807) is 5.32 Å². The molecule has 0 radical (unpaired) electrons. The van der Waals surface area contributed by atoms with E-state index in [9.17, 15) is 32.3 Å². The van der Waals surface area contributed by atoms with Crippen molar-refractivity contribution >= 4 is 17.8 Å². The first-order valence-corrected chi connectivity index (χ1v) is 7.55. The summed E-state index contributed by atoms with van der Waals surface area (Å²) in [7, 11) is 0. The van der Waals surface area contributed by atoms with Gasteiger partial charge in [0.1, 0.15) is 18.0 Å². The van der Waals surface area contributed by atoms with E-state index in [4.69, 9.17) is 15.6 Å². The van der Waals surface area contributed by atoms with Crippen molar-refractivity contribution in [3.8, 4) is 0 Å². The highest BCUT2D eigenvalue weighted by Crippen LogP contribution is 2.31. The summed E-state index contributed by atoms with van der Waals surface area (Å²) in [5.74, 6) is -2.42. The number of nitrogens with two attached hydrogens (primary N) is 1. The van der Waals surface area contributed by atoms with Crippen molar-refractivity contribution in [2.24, 2.45) is 0 Å². The number of carbonyl (C=O) groups excluding carboxylic acids is 1. The largest absolute Gasteiger partial charge is 0.471 e. The van der Waals surface area contributed by atoms with Gasteiger partial charge in [0.25, 0.3) is 0 Å². The number of aliphatic hydroxyl groups excluding tert-OH is 2. The zero-order chi connectivity index (χ0) is 20.4. The molecule has 1 aliphatic rings. The van der Waals surface area contributed by atoms with Crippen LogP contribution in [-0.2, 0) is 9.53 Å². The number of ether oxygens (including phenoxy) is 1. The molecule has 1 aromatic heterocycles. The number of nitrogens with zero attached hydrogens (tertiary/aromatic N) is 2. The van der Waals surface area contributed by atoms with Crippen LogP contribution in [0.4, 0.5) is 23.4 Å². The molecule has 1 amide bonds. The van der Waals surface area contributed by atoms with Gasteiger partial charge in [-0.25, -0.2) is 9.18 Å². The Hall–Kier alpha value is -2.51. The Morgan fingerprint density at radius 3 is 2.70 bits per heavy atom. The lowest BCUT2D eigenvalue weighted by molar-refractivity contribution is -0.173. The maximum Gasteiger partial charge on any atom is 0.471 e. The molecule has 0 aliphatic carbocycles. The molecule has 1 unspecified atom stereocenters. The molecule has 0 spiro atoms. The molecular weight excluding hydrogens is 380 g/mol. The number of halogens is 4. The first kappa shape index (κ1) is 20.8. The van der Waals surface area contributed by atoms with Gasteiger partial charge in [0, 0.05) is 18.3 Å². The molecule has 1 fully saturated rings.